The number of aryl methyl sites for hydroxylation is 5. The summed E-state index contributed by atoms with van der Waals surface area (Å²) < 4.78 is 11.6. The van der Waals surface area contributed by atoms with Gasteiger partial charge in [0, 0.05) is 83.6 Å². The molecule has 0 radical (unpaired) electrons. The van der Waals surface area contributed by atoms with Crippen LogP contribution in [0, 0.1) is 27.7 Å². The molecule has 19 aromatic rings. The van der Waals surface area contributed by atoms with Crippen LogP contribution in [0.3, 0.4) is 0 Å². The first-order valence-electron chi connectivity index (χ1n) is 36.2. The summed E-state index contributed by atoms with van der Waals surface area (Å²) in [6.45, 7) is 7.61. The number of nitrogens with zero attached hydrogens (tertiary/aromatic N) is 15. The van der Waals surface area contributed by atoms with Crippen molar-refractivity contribution in [3.05, 3.63) is 381 Å². The van der Waals surface area contributed by atoms with Gasteiger partial charge in [-0.05, 0) is 97.6 Å². The Labute approximate surface area is 648 Å². The van der Waals surface area contributed by atoms with Gasteiger partial charge in [-0.3, -0.25) is 4.57 Å². The lowest BCUT2D eigenvalue weighted by molar-refractivity contribution is 0.533. The molecule has 0 aliphatic heterocycles. The molecular formula is C94H77N15OS. The van der Waals surface area contributed by atoms with Gasteiger partial charge in [0.25, 0.3) is 0 Å². The maximum atomic E-state index is 5.25. The molecule has 17 heteroatoms. The quantitative estimate of drug-likeness (QED) is 0.119. The third kappa shape index (κ3) is 18.3. The zero-order valence-electron chi connectivity index (χ0n) is 62.1. The van der Waals surface area contributed by atoms with Crippen molar-refractivity contribution >= 4 is 33.7 Å². The molecule has 0 unspecified atom stereocenters. The normalized spacial score (nSPS) is 10.6. The average Bonchev–Trinajstić information content (AvgIpc) is 1.67. The highest BCUT2D eigenvalue weighted by atomic mass is 32.1. The number of hydrogen-bond donors (Lipinski definition) is 0. The lowest BCUT2D eigenvalue weighted by Gasteiger charge is -2.11. The topological polar surface area (TPSA) is 183 Å². The van der Waals surface area contributed by atoms with Gasteiger partial charge in [-0.1, -0.05) is 303 Å². The Hall–Kier alpha value is -14.4. The zero-order valence-corrected chi connectivity index (χ0v) is 62.9. The fraction of sp³-hybridized carbons (Fsp3) is 0.0638. The van der Waals surface area contributed by atoms with Crippen LogP contribution in [-0.4, -0.2) is 74.0 Å². The van der Waals surface area contributed by atoms with Crippen LogP contribution in [-0.2, 0) is 14.1 Å². The Kier molecular flexibility index (Phi) is 23.7. The van der Waals surface area contributed by atoms with E-state index in [2.05, 4.69) is 219 Å². The van der Waals surface area contributed by atoms with E-state index in [0.29, 0.717) is 34.9 Å². The van der Waals surface area contributed by atoms with Crippen LogP contribution in [0.15, 0.2) is 363 Å². The summed E-state index contributed by atoms with van der Waals surface area (Å²) in [5.74, 6) is 6.13. The Balaban J connectivity index is 0.000000115. The Bertz CT molecular complexity index is 5990. The lowest BCUT2D eigenvalue weighted by Crippen LogP contribution is -2.00. The van der Waals surface area contributed by atoms with E-state index in [4.69, 9.17) is 14.4 Å². The molecule has 540 valence electrons. The first-order valence-corrected chi connectivity index (χ1v) is 37.0. The molecule has 0 aliphatic rings. The third-order valence-corrected chi connectivity index (χ3v) is 18.7. The Morgan fingerprint density at radius 3 is 1.26 bits per heavy atom. The SMILES string of the molecule is Cc1nc(-c2ccccc2)nc(-c2cc(-c3ccccc3)cc(-c3ccccc3)c2)n1.Cc1nc2nccnc2n1-c1ccccc1.Cc1nnc(-c2ccccc2)o1.Cc1nnc(-c2ccccc2)s1.Cn1c(-c2ccccc2)nc(-c2ccccc2)c1-c1ccccc1.Cn1c(-c2ccccc2)nc2ccccc21. The summed E-state index contributed by atoms with van der Waals surface area (Å²) in [6, 6.07) is 117. The van der Waals surface area contributed by atoms with Crippen molar-refractivity contribution in [3.63, 3.8) is 0 Å². The van der Waals surface area contributed by atoms with E-state index >= 15 is 0 Å². The van der Waals surface area contributed by atoms with Gasteiger partial charge in [0.05, 0.1) is 22.4 Å². The number of aromatic nitrogens is 15. The highest BCUT2D eigenvalue weighted by Gasteiger charge is 2.20. The van der Waals surface area contributed by atoms with Crippen molar-refractivity contribution in [2.24, 2.45) is 14.1 Å². The maximum Gasteiger partial charge on any atom is 0.247 e. The molecule has 16 nitrogen and oxygen atoms in total. The van der Waals surface area contributed by atoms with E-state index in [9.17, 15) is 0 Å². The first-order chi connectivity index (χ1) is 54.5. The smallest absolute Gasteiger partial charge is 0.247 e. The standard InChI is InChI=1S/C28H21N3.C22H18N2.C14H12N2.C12H10N4.C9H8N2O.C9H8N2S/c1-20-29-27(23-15-9-4-10-16-23)31-28(30-20)26-18-24(21-11-5-2-6-12-21)17-25(19-26)22-13-7-3-8-14-22;1-24-21(18-13-7-3-8-14-18)20(17-11-5-2-6-12-17)23-22(24)19-15-9-4-10-16-19;1-16-13-10-6-5-9-12(13)15-14(16)11-7-3-2-4-8-11;1-9-15-11-12(14-8-7-13-11)16(9)10-5-3-2-4-6-10;2*1-7-10-11-9(12-7)8-5-3-2-4-6-8/h2-19H,1H3;2-16H,1H3;2-10H,1H3;2-8H,1H3;2*2-6H,1H3. The third-order valence-electron chi connectivity index (χ3n) is 17.8. The molecule has 0 spiro atoms. The lowest BCUT2D eigenvalue weighted by atomic mass is 9.96. The number of imidazole rings is 3. The molecule has 0 N–H and O–H groups in total. The molecule has 111 heavy (non-hydrogen) atoms. The van der Waals surface area contributed by atoms with Crippen LogP contribution < -0.4 is 0 Å². The van der Waals surface area contributed by atoms with Gasteiger partial charge in [0.15, 0.2) is 22.9 Å². The van der Waals surface area contributed by atoms with Crippen LogP contribution in [0.5, 0.6) is 0 Å². The summed E-state index contributed by atoms with van der Waals surface area (Å²) in [4.78, 5) is 36.6. The largest absolute Gasteiger partial charge is 0.421 e. The average molecular weight is 1460 g/mol. The van der Waals surface area contributed by atoms with Crippen LogP contribution >= 0.6 is 11.3 Å². The predicted molar refractivity (Wildman–Crippen MR) is 448 cm³/mol. The molecule has 0 aliphatic carbocycles. The summed E-state index contributed by atoms with van der Waals surface area (Å²) >= 11 is 1.62. The maximum absolute atomic E-state index is 5.25. The van der Waals surface area contributed by atoms with Gasteiger partial charge < -0.3 is 13.6 Å². The minimum atomic E-state index is 0.577. The van der Waals surface area contributed by atoms with Crippen LogP contribution in [0.1, 0.15) is 22.5 Å². The molecule has 0 fully saturated rings. The summed E-state index contributed by atoms with van der Waals surface area (Å²) in [5, 5.41) is 17.7. The zero-order chi connectivity index (χ0) is 76.1. The van der Waals surface area contributed by atoms with Crippen LogP contribution in [0.2, 0.25) is 0 Å². The van der Waals surface area contributed by atoms with Crippen LogP contribution in [0.4, 0.5) is 0 Å². The molecule has 0 saturated heterocycles. The number of benzene rings is 12. The minimum Gasteiger partial charge on any atom is -0.421 e. The fourth-order valence-corrected chi connectivity index (χ4v) is 13.2. The summed E-state index contributed by atoms with van der Waals surface area (Å²) in [6.07, 6.45) is 3.34. The predicted octanol–water partition coefficient (Wildman–Crippen LogP) is 22.2. The van der Waals surface area contributed by atoms with Gasteiger partial charge in [-0.25, -0.2) is 39.9 Å². The fourth-order valence-electron chi connectivity index (χ4n) is 12.5. The van der Waals surface area contributed by atoms with Gasteiger partial charge in [-0.15, -0.1) is 20.4 Å². The van der Waals surface area contributed by atoms with E-state index in [1.165, 1.54) is 11.1 Å². The molecule has 12 aromatic carbocycles. The molecule has 7 heterocycles. The molecular weight excluding hydrogens is 1390 g/mol. The monoisotopic (exact) mass is 1460 g/mol. The molecule has 0 saturated carbocycles. The van der Waals surface area contributed by atoms with Gasteiger partial charge in [0.2, 0.25) is 11.8 Å². The molecule has 0 atom stereocenters. The summed E-state index contributed by atoms with van der Waals surface area (Å²) in [7, 11) is 4.14. The van der Waals surface area contributed by atoms with E-state index in [1.54, 1.807) is 30.7 Å². The molecule has 0 bridgehead atoms. The molecule has 19 rings (SSSR count). The Morgan fingerprint density at radius 1 is 0.324 bits per heavy atom. The Morgan fingerprint density at radius 2 is 0.757 bits per heavy atom. The first kappa shape index (κ1) is 73.5. The molecule has 7 aromatic heterocycles. The van der Waals surface area contributed by atoms with E-state index in [1.807, 2.05) is 226 Å². The second-order valence-corrected chi connectivity index (χ2v) is 26.8. The second kappa shape index (κ2) is 35.8. The number of para-hydroxylation sites is 3. The van der Waals surface area contributed by atoms with Crippen molar-refractivity contribution < 1.29 is 4.42 Å². The highest BCUT2D eigenvalue weighted by molar-refractivity contribution is 7.14. The van der Waals surface area contributed by atoms with Crippen molar-refractivity contribution in [2.45, 2.75) is 27.7 Å². The van der Waals surface area contributed by atoms with Gasteiger partial charge in [-0.2, -0.15) is 0 Å². The number of fused-ring (bicyclic) bond motifs is 2. The van der Waals surface area contributed by atoms with Gasteiger partial charge in [0.1, 0.15) is 33.3 Å². The van der Waals surface area contributed by atoms with Crippen molar-refractivity contribution in [1.29, 1.82) is 0 Å². The second-order valence-electron chi connectivity index (χ2n) is 25.6. The van der Waals surface area contributed by atoms with Crippen molar-refractivity contribution in [2.75, 3.05) is 0 Å². The number of hydrogen-bond acceptors (Lipinski definition) is 14. The van der Waals surface area contributed by atoms with E-state index in [-0.39, 0.29) is 0 Å². The highest BCUT2D eigenvalue weighted by Crippen LogP contribution is 2.37. The molecule has 0 amide bonds. The van der Waals surface area contributed by atoms with E-state index in [0.717, 1.165) is 117 Å². The number of rotatable bonds is 11. The van der Waals surface area contributed by atoms with Crippen molar-refractivity contribution in [1.82, 2.24) is 74.0 Å². The van der Waals surface area contributed by atoms with Crippen LogP contribution in [0.25, 0.3) is 140 Å². The minimum absolute atomic E-state index is 0.577. The van der Waals surface area contributed by atoms with Crippen molar-refractivity contribution in [3.8, 4) is 118 Å². The summed E-state index contributed by atoms with van der Waals surface area (Å²) in [5.41, 5.74) is 20.1. The van der Waals surface area contributed by atoms with E-state index < -0.39 is 0 Å². The van der Waals surface area contributed by atoms with Gasteiger partial charge >= 0.3 is 0 Å².